The standard InChI is InChI=1S/C24H27N5OS/c1-16-5-3-6-17(2)23(16)21-12-22-27-24(26-21)28-31-20-8-4-7-18(11-20)14-29-10-9-25-13-19(15-29)30-22/h3-8,11-12,19,25H,9-10,13-15H2,1-2H3,(H,26,27,28). The molecule has 2 aliphatic heterocycles. The average Bonchev–Trinajstić information content (AvgIpc) is 2.96. The monoisotopic (exact) mass is 433 g/mol. The van der Waals surface area contributed by atoms with Gasteiger partial charge in [-0.25, -0.2) is 4.98 Å². The highest BCUT2D eigenvalue weighted by atomic mass is 32.2. The van der Waals surface area contributed by atoms with E-state index in [1.165, 1.54) is 28.6 Å². The molecule has 2 aromatic carbocycles. The number of aromatic nitrogens is 2. The van der Waals surface area contributed by atoms with Crippen LogP contribution in [-0.4, -0.2) is 47.2 Å². The first-order chi connectivity index (χ1) is 15.1. The highest BCUT2D eigenvalue weighted by molar-refractivity contribution is 8.00. The van der Waals surface area contributed by atoms with Crippen molar-refractivity contribution in [2.45, 2.75) is 31.4 Å². The predicted molar refractivity (Wildman–Crippen MR) is 125 cm³/mol. The van der Waals surface area contributed by atoms with Crippen LogP contribution in [0.2, 0.25) is 0 Å². The molecule has 0 amide bonds. The van der Waals surface area contributed by atoms with Gasteiger partial charge >= 0.3 is 0 Å². The van der Waals surface area contributed by atoms with Gasteiger partial charge in [-0.2, -0.15) is 4.98 Å². The topological polar surface area (TPSA) is 62.3 Å². The van der Waals surface area contributed by atoms with Gasteiger partial charge in [-0.1, -0.05) is 30.3 Å². The lowest BCUT2D eigenvalue weighted by Gasteiger charge is -2.24. The van der Waals surface area contributed by atoms with Crippen molar-refractivity contribution < 1.29 is 4.74 Å². The molecule has 2 N–H and O–H groups in total. The Kier molecular flexibility index (Phi) is 5.80. The second kappa shape index (κ2) is 8.86. The molecule has 6 bridgehead atoms. The number of nitrogens with one attached hydrogen (secondary N) is 2. The third kappa shape index (κ3) is 4.69. The molecule has 6 nitrogen and oxygen atoms in total. The summed E-state index contributed by atoms with van der Waals surface area (Å²) < 4.78 is 9.75. The fraction of sp³-hybridized carbons (Fsp3) is 0.333. The molecular weight excluding hydrogens is 406 g/mol. The summed E-state index contributed by atoms with van der Waals surface area (Å²) in [6, 6.07) is 16.9. The van der Waals surface area contributed by atoms with E-state index in [-0.39, 0.29) is 6.10 Å². The zero-order chi connectivity index (χ0) is 21.2. The quantitative estimate of drug-likeness (QED) is 0.562. The van der Waals surface area contributed by atoms with Crippen molar-refractivity contribution in [1.82, 2.24) is 20.2 Å². The van der Waals surface area contributed by atoms with Gasteiger partial charge in [0.1, 0.15) is 6.10 Å². The SMILES string of the molecule is Cc1cccc(C)c1-c1cc2nc(n1)NSc1cccc(c1)CN1CCNCC(C1)O2. The summed E-state index contributed by atoms with van der Waals surface area (Å²) in [5.41, 5.74) is 5.70. The van der Waals surface area contributed by atoms with E-state index in [1.54, 1.807) is 0 Å². The molecule has 3 aromatic rings. The number of rotatable bonds is 1. The van der Waals surface area contributed by atoms with Crippen LogP contribution in [0.4, 0.5) is 5.95 Å². The smallest absolute Gasteiger partial charge is 0.237 e. The van der Waals surface area contributed by atoms with Gasteiger partial charge in [-0.05, 0) is 54.6 Å². The minimum Gasteiger partial charge on any atom is -0.471 e. The van der Waals surface area contributed by atoms with Gasteiger partial charge < -0.3 is 10.1 Å². The molecule has 1 fully saturated rings. The fourth-order valence-electron chi connectivity index (χ4n) is 4.28. The second-order valence-corrected chi connectivity index (χ2v) is 9.09. The van der Waals surface area contributed by atoms with Crippen LogP contribution in [0.1, 0.15) is 16.7 Å². The number of benzene rings is 2. The van der Waals surface area contributed by atoms with Crippen molar-refractivity contribution in [3.05, 3.63) is 65.2 Å². The van der Waals surface area contributed by atoms with Gasteiger partial charge in [-0.3, -0.25) is 9.62 Å². The first-order valence-electron chi connectivity index (χ1n) is 10.7. The molecule has 0 spiro atoms. The maximum Gasteiger partial charge on any atom is 0.237 e. The summed E-state index contributed by atoms with van der Waals surface area (Å²) in [5.74, 6) is 1.17. The Balaban J connectivity index is 1.58. The summed E-state index contributed by atoms with van der Waals surface area (Å²) >= 11 is 1.53. The van der Waals surface area contributed by atoms with Gasteiger partial charge in [0, 0.05) is 49.2 Å². The van der Waals surface area contributed by atoms with Crippen molar-refractivity contribution in [1.29, 1.82) is 0 Å². The molecule has 31 heavy (non-hydrogen) atoms. The second-order valence-electron chi connectivity index (χ2n) is 8.21. The number of hydrogen-bond donors (Lipinski definition) is 2. The van der Waals surface area contributed by atoms with E-state index in [0.717, 1.165) is 48.9 Å². The maximum absolute atomic E-state index is 6.42. The molecule has 2 unspecified atom stereocenters. The summed E-state index contributed by atoms with van der Waals surface area (Å²) in [4.78, 5) is 13.1. The van der Waals surface area contributed by atoms with Gasteiger partial charge in [0.25, 0.3) is 0 Å². The molecule has 160 valence electrons. The molecule has 0 aliphatic carbocycles. The van der Waals surface area contributed by atoms with Gasteiger partial charge in [0.15, 0.2) is 0 Å². The Morgan fingerprint density at radius 1 is 1.06 bits per heavy atom. The molecule has 1 aromatic heterocycles. The Hall–Kier alpha value is -2.61. The molecular formula is C24H27N5OS. The lowest BCUT2D eigenvalue weighted by molar-refractivity contribution is 0.142. The summed E-state index contributed by atoms with van der Waals surface area (Å²) in [6.45, 7) is 8.76. The number of aryl methyl sites for hydroxylation is 2. The van der Waals surface area contributed by atoms with E-state index in [2.05, 4.69) is 76.2 Å². The zero-order valence-electron chi connectivity index (χ0n) is 17.9. The molecule has 2 aliphatic rings. The molecule has 2 atom stereocenters. The summed E-state index contributed by atoms with van der Waals surface area (Å²) in [6.07, 6.45) is 0.0210. The van der Waals surface area contributed by atoms with Crippen LogP contribution < -0.4 is 14.8 Å². The van der Waals surface area contributed by atoms with Crippen molar-refractivity contribution in [2.75, 3.05) is 30.9 Å². The largest absolute Gasteiger partial charge is 0.471 e. The van der Waals surface area contributed by atoms with Crippen LogP contribution >= 0.6 is 11.9 Å². The summed E-state index contributed by atoms with van der Waals surface area (Å²) in [5, 5.41) is 3.51. The van der Waals surface area contributed by atoms with Gasteiger partial charge in [0.05, 0.1) is 5.69 Å². The van der Waals surface area contributed by atoms with Crippen LogP contribution in [0, 0.1) is 13.8 Å². The van der Waals surface area contributed by atoms with E-state index in [1.807, 2.05) is 6.07 Å². The van der Waals surface area contributed by atoms with Crippen LogP contribution in [0.25, 0.3) is 11.3 Å². The van der Waals surface area contributed by atoms with Crippen molar-refractivity contribution in [3.8, 4) is 17.1 Å². The van der Waals surface area contributed by atoms with E-state index in [4.69, 9.17) is 9.72 Å². The normalized spacial score (nSPS) is 20.8. The van der Waals surface area contributed by atoms with Crippen LogP contribution in [0.5, 0.6) is 5.88 Å². The van der Waals surface area contributed by atoms with E-state index >= 15 is 0 Å². The molecule has 3 heterocycles. The van der Waals surface area contributed by atoms with Crippen LogP contribution in [0.15, 0.2) is 53.4 Å². The number of anilines is 1. The summed E-state index contributed by atoms with van der Waals surface area (Å²) in [7, 11) is 0. The first kappa shape index (κ1) is 20.3. The Morgan fingerprint density at radius 2 is 1.90 bits per heavy atom. The van der Waals surface area contributed by atoms with Crippen LogP contribution in [0.3, 0.4) is 0 Å². The van der Waals surface area contributed by atoms with Crippen molar-refractivity contribution in [3.63, 3.8) is 0 Å². The lowest BCUT2D eigenvalue weighted by Crippen LogP contribution is -2.36. The highest BCUT2D eigenvalue weighted by Gasteiger charge is 2.22. The minimum absolute atomic E-state index is 0.0210. The Bertz CT molecular complexity index is 1070. The Labute approximate surface area is 187 Å². The predicted octanol–water partition coefficient (Wildman–Crippen LogP) is 4.05. The maximum atomic E-state index is 6.42. The third-order valence-corrected chi connectivity index (χ3v) is 6.51. The number of fused-ring (bicyclic) bond motifs is 6. The molecule has 5 rings (SSSR count). The Morgan fingerprint density at radius 3 is 2.77 bits per heavy atom. The number of nitrogens with zero attached hydrogens (tertiary/aromatic N) is 3. The fourth-order valence-corrected chi connectivity index (χ4v) is 4.94. The van der Waals surface area contributed by atoms with Crippen LogP contribution in [-0.2, 0) is 6.54 Å². The third-order valence-electron chi connectivity index (χ3n) is 5.73. The van der Waals surface area contributed by atoms with E-state index in [9.17, 15) is 0 Å². The minimum atomic E-state index is 0.0210. The first-order valence-corrected chi connectivity index (χ1v) is 11.5. The van der Waals surface area contributed by atoms with Crippen molar-refractivity contribution in [2.24, 2.45) is 0 Å². The number of hydrogen-bond acceptors (Lipinski definition) is 7. The van der Waals surface area contributed by atoms with E-state index < -0.39 is 0 Å². The molecule has 0 saturated carbocycles. The molecule has 1 saturated heterocycles. The zero-order valence-corrected chi connectivity index (χ0v) is 18.7. The highest BCUT2D eigenvalue weighted by Crippen LogP contribution is 2.31. The molecule has 0 radical (unpaired) electrons. The number of ether oxygens (including phenoxy) is 1. The van der Waals surface area contributed by atoms with Gasteiger partial charge in [-0.15, -0.1) is 0 Å². The molecule has 7 heteroatoms. The van der Waals surface area contributed by atoms with Crippen molar-refractivity contribution >= 4 is 17.9 Å². The average molecular weight is 434 g/mol. The van der Waals surface area contributed by atoms with Gasteiger partial charge in [0.2, 0.25) is 11.8 Å². The van der Waals surface area contributed by atoms with E-state index in [0.29, 0.717) is 11.8 Å². The lowest BCUT2D eigenvalue weighted by atomic mass is 10.00.